The maximum Gasteiger partial charge on any atom is 0.311 e. The molecule has 0 saturated heterocycles. The summed E-state index contributed by atoms with van der Waals surface area (Å²) in [4.78, 5) is 23.8. The van der Waals surface area contributed by atoms with Crippen LogP contribution in [0.1, 0.15) is 53.4 Å². The van der Waals surface area contributed by atoms with Crippen molar-refractivity contribution < 1.29 is 19.4 Å². The molecule has 136 valence electrons. The Balaban J connectivity index is 0.00000484. The van der Waals surface area contributed by atoms with Gasteiger partial charge in [0.2, 0.25) is 5.91 Å². The minimum atomic E-state index is -0.847. The summed E-state index contributed by atoms with van der Waals surface area (Å²) in [5.74, 6) is -0.640. The van der Waals surface area contributed by atoms with Gasteiger partial charge < -0.3 is 20.9 Å². The molecule has 0 bridgehead atoms. The molecular weight excluding hydrogens is 320 g/mol. The van der Waals surface area contributed by atoms with Crippen LogP contribution in [0.3, 0.4) is 0 Å². The van der Waals surface area contributed by atoms with Crippen LogP contribution in [-0.4, -0.2) is 41.8 Å². The van der Waals surface area contributed by atoms with Crippen LogP contribution < -0.4 is 11.1 Å². The van der Waals surface area contributed by atoms with Gasteiger partial charge in [-0.15, -0.1) is 12.4 Å². The zero-order chi connectivity index (χ0) is 16.9. The number of hydrogen-bond donors (Lipinski definition) is 3. The Morgan fingerprint density at radius 3 is 2.43 bits per heavy atom. The summed E-state index contributed by atoms with van der Waals surface area (Å²) < 4.78 is 5.11. The zero-order valence-electron chi connectivity index (χ0n) is 14.5. The lowest BCUT2D eigenvalue weighted by atomic mass is 9.67. The number of halogens is 1. The number of aliphatic hydroxyl groups excluding tert-OH is 1. The molecule has 0 aromatic carbocycles. The number of nitrogens with two attached hydrogens (primary N) is 1. The lowest BCUT2D eigenvalue weighted by Gasteiger charge is -2.44. The summed E-state index contributed by atoms with van der Waals surface area (Å²) in [7, 11) is 0. The number of hydrogen-bond acceptors (Lipinski definition) is 5. The van der Waals surface area contributed by atoms with E-state index in [2.05, 4.69) is 5.32 Å². The van der Waals surface area contributed by atoms with Crippen LogP contribution in [0.25, 0.3) is 0 Å². The molecule has 0 radical (unpaired) electrons. The van der Waals surface area contributed by atoms with Gasteiger partial charge in [-0.25, -0.2) is 0 Å². The molecule has 1 amide bonds. The van der Waals surface area contributed by atoms with E-state index in [1.807, 2.05) is 6.92 Å². The van der Waals surface area contributed by atoms with Crippen LogP contribution in [0.2, 0.25) is 0 Å². The van der Waals surface area contributed by atoms with E-state index in [4.69, 9.17) is 10.5 Å². The molecule has 6 nitrogen and oxygen atoms in total. The van der Waals surface area contributed by atoms with E-state index in [-0.39, 0.29) is 36.2 Å². The summed E-state index contributed by atoms with van der Waals surface area (Å²) >= 11 is 0. The highest BCUT2D eigenvalue weighted by Gasteiger charge is 2.47. The van der Waals surface area contributed by atoms with Crippen LogP contribution >= 0.6 is 12.4 Å². The molecule has 23 heavy (non-hydrogen) atoms. The fraction of sp³-hybridized carbons (Fsp3) is 0.875. The van der Waals surface area contributed by atoms with Gasteiger partial charge >= 0.3 is 5.97 Å². The number of ether oxygens (including phenoxy) is 1. The molecule has 7 heteroatoms. The first kappa shape index (κ1) is 22.1. The summed E-state index contributed by atoms with van der Waals surface area (Å²) in [6.45, 7) is 7.57. The average Bonchev–Trinajstić information content (AvgIpc) is 2.44. The van der Waals surface area contributed by atoms with E-state index >= 15 is 0 Å². The maximum atomic E-state index is 12.1. The molecule has 1 fully saturated rings. The molecule has 4 atom stereocenters. The van der Waals surface area contributed by atoms with Gasteiger partial charge in [0.05, 0.1) is 24.2 Å². The molecule has 1 aliphatic carbocycles. The van der Waals surface area contributed by atoms with Gasteiger partial charge in [-0.05, 0) is 40.0 Å². The quantitative estimate of drug-likeness (QED) is 0.628. The first-order valence-electron chi connectivity index (χ1n) is 8.15. The fourth-order valence-electron chi connectivity index (χ4n) is 3.16. The van der Waals surface area contributed by atoms with E-state index in [9.17, 15) is 14.7 Å². The molecule has 0 heterocycles. The Hall–Kier alpha value is -0.850. The molecule has 1 rings (SSSR count). The highest BCUT2D eigenvalue weighted by atomic mass is 35.5. The lowest BCUT2D eigenvalue weighted by Crippen LogP contribution is -2.61. The van der Waals surface area contributed by atoms with Crippen LogP contribution in [-0.2, 0) is 14.3 Å². The van der Waals surface area contributed by atoms with Crippen LogP contribution in [0.15, 0.2) is 0 Å². The fourth-order valence-corrected chi connectivity index (χ4v) is 3.16. The van der Waals surface area contributed by atoms with Crippen molar-refractivity contribution >= 4 is 24.3 Å². The molecular formula is C16H31ClN2O4. The Morgan fingerprint density at radius 1 is 1.30 bits per heavy atom. The molecule has 1 saturated carbocycles. The van der Waals surface area contributed by atoms with Crippen molar-refractivity contribution in [3.8, 4) is 0 Å². The molecule has 0 aromatic rings. The zero-order valence-corrected chi connectivity index (χ0v) is 15.3. The van der Waals surface area contributed by atoms with Gasteiger partial charge in [0.1, 0.15) is 0 Å². The number of carbonyl (C=O) groups excluding carboxylic acids is 2. The SMILES string of the molecule is CCCC(=O)NC1CCC(C(C)(C)C(=O)OCC)C(O)[C@@H]1N.Cl. The van der Waals surface area contributed by atoms with Crippen molar-refractivity contribution in [1.29, 1.82) is 0 Å². The van der Waals surface area contributed by atoms with Crippen molar-refractivity contribution in [3.05, 3.63) is 0 Å². The van der Waals surface area contributed by atoms with Gasteiger partial charge in [0, 0.05) is 18.4 Å². The third-order valence-corrected chi connectivity index (χ3v) is 4.61. The molecule has 0 spiro atoms. The normalized spacial score (nSPS) is 27.7. The first-order valence-corrected chi connectivity index (χ1v) is 8.15. The third kappa shape index (κ3) is 5.33. The van der Waals surface area contributed by atoms with Gasteiger partial charge in [-0.3, -0.25) is 9.59 Å². The van der Waals surface area contributed by atoms with E-state index in [0.717, 1.165) is 6.42 Å². The molecule has 4 N–H and O–H groups in total. The number of carbonyl (C=O) groups is 2. The number of aliphatic hydroxyl groups is 1. The van der Waals surface area contributed by atoms with Gasteiger partial charge in [0.15, 0.2) is 0 Å². The molecule has 1 aliphatic rings. The molecule has 3 unspecified atom stereocenters. The standard InChI is InChI=1S/C16H30N2O4.ClH/c1-5-7-12(19)18-11-9-8-10(14(20)13(11)17)16(3,4)15(21)22-6-2;/h10-11,13-14,20H,5-9,17H2,1-4H3,(H,18,19);1H/t10?,11?,13-,14?;/m1./s1. The van der Waals surface area contributed by atoms with Crippen LogP contribution in [0.5, 0.6) is 0 Å². The minimum absolute atomic E-state index is 0. The summed E-state index contributed by atoms with van der Waals surface area (Å²) in [5.41, 5.74) is 5.31. The number of esters is 1. The van der Waals surface area contributed by atoms with E-state index in [0.29, 0.717) is 25.9 Å². The highest BCUT2D eigenvalue weighted by molar-refractivity contribution is 5.85. The second-order valence-electron chi connectivity index (χ2n) is 6.62. The predicted molar refractivity (Wildman–Crippen MR) is 91.2 cm³/mol. The number of rotatable bonds is 6. The second kappa shape index (κ2) is 9.45. The van der Waals surface area contributed by atoms with Crippen molar-refractivity contribution in [1.82, 2.24) is 5.32 Å². The van der Waals surface area contributed by atoms with E-state index in [1.54, 1.807) is 20.8 Å². The Morgan fingerprint density at radius 2 is 1.91 bits per heavy atom. The van der Waals surface area contributed by atoms with E-state index in [1.165, 1.54) is 0 Å². The predicted octanol–water partition coefficient (Wildman–Crippen LogP) is 1.38. The summed E-state index contributed by atoms with van der Waals surface area (Å²) in [5, 5.41) is 13.4. The van der Waals surface area contributed by atoms with Gasteiger partial charge in [-0.2, -0.15) is 0 Å². The maximum absolute atomic E-state index is 12.1. The van der Waals surface area contributed by atoms with Crippen molar-refractivity contribution in [3.63, 3.8) is 0 Å². The second-order valence-corrected chi connectivity index (χ2v) is 6.62. The van der Waals surface area contributed by atoms with Gasteiger partial charge in [-0.1, -0.05) is 6.92 Å². The monoisotopic (exact) mass is 350 g/mol. The lowest BCUT2D eigenvalue weighted by molar-refractivity contribution is -0.162. The smallest absolute Gasteiger partial charge is 0.311 e. The largest absolute Gasteiger partial charge is 0.466 e. The molecule has 0 aromatic heterocycles. The van der Waals surface area contributed by atoms with Crippen molar-refractivity contribution in [2.75, 3.05) is 6.61 Å². The van der Waals surface area contributed by atoms with Crippen LogP contribution in [0, 0.1) is 11.3 Å². The van der Waals surface area contributed by atoms with E-state index < -0.39 is 17.6 Å². The third-order valence-electron chi connectivity index (χ3n) is 4.61. The molecule has 0 aliphatic heterocycles. The van der Waals surface area contributed by atoms with Crippen molar-refractivity contribution in [2.45, 2.75) is 71.6 Å². The Bertz CT molecular complexity index is 404. The number of amides is 1. The first-order chi connectivity index (χ1) is 10.3. The van der Waals surface area contributed by atoms with Gasteiger partial charge in [0.25, 0.3) is 0 Å². The average molecular weight is 351 g/mol. The minimum Gasteiger partial charge on any atom is -0.466 e. The Labute approximate surface area is 144 Å². The van der Waals surface area contributed by atoms with Crippen molar-refractivity contribution in [2.24, 2.45) is 17.1 Å². The Kier molecular flexibility index (Phi) is 9.10. The topological polar surface area (TPSA) is 102 Å². The highest BCUT2D eigenvalue weighted by Crippen LogP contribution is 2.39. The summed E-state index contributed by atoms with van der Waals surface area (Å²) in [6, 6.07) is -0.823. The van der Waals surface area contributed by atoms with Crippen LogP contribution in [0.4, 0.5) is 0 Å². The summed E-state index contributed by atoms with van der Waals surface area (Å²) in [6.07, 6.45) is 1.66. The number of nitrogens with one attached hydrogen (secondary N) is 1.